The number of hydrogen-bond donors (Lipinski definition) is 1. The van der Waals surface area contributed by atoms with Gasteiger partial charge < -0.3 is 15.1 Å². The van der Waals surface area contributed by atoms with Gasteiger partial charge in [0.15, 0.2) is 5.96 Å². The molecule has 1 saturated heterocycles. The Morgan fingerprint density at radius 3 is 2.53 bits per heavy atom. The summed E-state index contributed by atoms with van der Waals surface area (Å²) >= 11 is 0. The first-order valence-corrected chi connectivity index (χ1v) is 11.0. The van der Waals surface area contributed by atoms with Crippen LogP contribution in [0.25, 0.3) is 0 Å². The van der Waals surface area contributed by atoms with Crippen LogP contribution in [0.4, 0.5) is 5.95 Å². The molecule has 0 radical (unpaired) electrons. The fourth-order valence-electron chi connectivity index (χ4n) is 3.69. The number of benzene rings is 1. The Hall–Kier alpha value is -2.67. The Labute approximate surface area is 180 Å². The molecule has 3 rings (SSSR count). The van der Waals surface area contributed by atoms with Gasteiger partial charge in [-0.15, -0.1) is 0 Å². The van der Waals surface area contributed by atoms with E-state index in [1.54, 1.807) is 0 Å². The molecule has 1 aromatic heterocycles. The van der Waals surface area contributed by atoms with E-state index in [0.717, 1.165) is 70.7 Å². The van der Waals surface area contributed by atoms with E-state index in [1.165, 1.54) is 11.1 Å². The molecule has 2 aromatic rings. The van der Waals surface area contributed by atoms with Gasteiger partial charge in [0.1, 0.15) is 0 Å². The third-order valence-corrected chi connectivity index (χ3v) is 5.47. The lowest BCUT2D eigenvalue weighted by Gasteiger charge is -2.34. The Bertz CT molecular complexity index is 785. The minimum absolute atomic E-state index is 0.836. The lowest BCUT2D eigenvalue weighted by molar-refractivity contribution is 0.255. The average Bonchev–Trinajstić information content (AvgIpc) is 2.78. The van der Waals surface area contributed by atoms with E-state index in [2.05, 4.69) is 75.1 Å². The maximum Gasteiger partial charge on any atom is 0.225 e. The van der Waals surface area contributed by atoms with E-state index in [4.69, 9.17) is 4.99 Å². The monoisotopic (exact) mass is 409 g/mol. The van der Waals surface area contributed by atoms with Crippen LogP contribution in [0.2, 0.25) is 0 Å². The fraction of sp³-hybridized carbons (Fsp3) is 0.522. The van der Waals surface area contributed by atoms with Gasteiger partial charge in [-0.05, 0) is 37.5 Å². The molecule has 0 aliphatic carbocycles. The molecular formula is C23H35N7. The number of piperazine rings is 1. The molecule has 0 bridgehead atoms. The minimum Gasteiger partial charge on any atom is -0.357 e. The zero-order valence-corrected chi connectivity index (χ0v) is 18.6. The fourth-order valence-corrected chi connectivity index (χ4v) is 3.69. The summed E-state index contributed by atoms with van der Waals surface area (Å²) in [7, 11) is 2.11. The SMILES string of the molecule is CCNC(=NCCCN1CCN(c2ncccn2)CC1)N(C)Cc1ccccc1C. The molecule has 1 N–H and O–H groups in total. The number of nitrogens with one attached hydrogen (secondary N) is 1. The van der Waals surface area contributed by atoms with Gasteiger partial charge in [0, 0.05) is 71.8 Å². The first-order chi connectivity index (χ1) is 14.7. The molecule has 1 aliphatic rings. The van der Waals surface area contributed by atoms with Crippen LogP contribution < -0.4 is 10.2 Å². The van der Waals surface area contributed by atoms with Gasteiger partial charge in [0.2, 0.25) is 5.95 Å². The van der Waals surface area contributed by atoms with Gasteiger partial charge in [-0.2, -0.15) is 0 Å². The third kappa shape index (κ3) is 6.42. The van der Waals surface area contributed by atoms with Crippen LogP contribution in [0.1, 0.15) is 24.5 Å². The van der Waals surface area contributed by atoms with Crippen LogP contribution in [-0.2, 0) is 6.54 Å². The molecule has 0 atom stereocenters. The van der Waals surface area contributed by atoms with Gasteiger partial charge in [-0.3, -0.25) is 9.89 Å². The summed E-state index contributed by atoms with van der Waals surface area (Å²) in [4.78, 5) is 20.6. The average molecular weight is 410 g/mol. The lowest BCUT2D eigenvalue weighted by Crippen LogP contribution is -2.47. The number of nitrogens with zero attached hydrogens (tertiary/aromatic N) is 6. The van der Waals surface area contributed by atoms with Crippen molar-refractivity contribution in [1.29, 1.82) is 0 Å². The highest BCUT2D eigenvalue weighted by Gasteiger charge is 2.18. The highest BCUT2D eigenvalue weighted by atomic mass is 15.3. The molecule has 0 unspecified atom stereocenters. The molecular weight excluding hydrogens is 374 g/mol. The number of anilines is 1. The van der Waals surface area contributed by atoms with Crippen molar-refractivity contribution in [2.24, 2.45) is 4.99 Å². The van der Waals surface area contributed by atoms with Crippen LogP contribution in [0.3, 0.4) is 0 Å². The first kappa shape index (κ1) is 22.0. The third-order valence-electron chi connectivity index (χ3n) is 5.47. The maximum absolute atomic E-state index is 4.86. The normalized spacial score (nSPS) is 15.3. The summed E-state index contributed by atoms with van der Waals surface area (Å²) in [6.45, 7) is 12.0. The van der Waals surface area contributed by atoms with Crippen molar-refractivity contribution in [3.63, 3.8) is 0 Å². The van der Waals surface area contributed by atoms with Crippen LogP contribution in [0, 0.1) is 6.92 Å². The van der Waals surface area contributed by atoms with Crippen molar-refractivity contribution in [3.8, 4) is 0 Å². The second-order valence-corrected chi connectivity index (χ2v) is 7.75. The standard InChI is InChI=1S/C23H35N7/c1-4-24-22(28(3)19-21-10-6-5-9-20(21)2)25-13-8-14-29-15-17-30(18-16-29)23-26-11-7-12-27-23/h5-7,9-12H,4,8,13-19H2,1-3H3,(H,24,25). The van der Waals surface area contributed by atoms with Gasteiger partial charge in [-0.25, -0.2) is 9.97 Å². The zero-order valence-electron chi connectivity index (χ0n) is 18.6. The number of aliphatic imine (C=N–C) groups is 1. The van der Waals surface area contributed by atoms with E-state index in [0.29, 0.717) is 0 Å². The zero-order chi connectivity index (χ0) is 21.2. The predicted octanol–water partition coefficient (Wildman–Crippen LogP) is 2.39. The quantitative estimate of drug-likeness (QED) is 0.410. The number of hydrogen-bond acceptors (Lipinski definition) is 5. The molecule has 1 aromatic carbocycles. The van der Waals surface area contributed by atoms with Crippen molar-refractivity contribution < 1.29 is 0 Å². The van der Waals surface area contributed by atoms with Crippen molar-refractivity contribution in [2.75, 3.05) is 57.8 Å². The first-order valence-electron chi connectivity index (χ1n) is 11.0. The number of guanidine groups is 1. The van der Waals surface area contributed by atoms with Crippen LogP contribution in [0.15, 0.2) is 47.7 Å². The van der Waals surface area contributed by atoms with Crippen LogP contribution in [-0.4, -0.2) is 78.6 Å². The maximum atomic E-state index is 4.86. The van der Waals surface area contributed by atoms with Gasteiger partial charge >= 0.3 is 0 Å². The second-order valence-electron chi connectivity index (χ2n) is 7.75. The summed E-state index contributed by atoms with van der Waals surface area (Å²) in [6.07, 6.45) is 4.68. The molecule has 1 fully saturated rings. The molecule has 162 valence electrons. The molecule has 0 saturated carbocycles. The van der Waals surface area contributed by atoms with Gasteiger partial charge in [-0.1, -0.05) is 24.3 Å². The van der Waals surface area contributed by atoms with E-state index >= 15 is 0 Å². The largest absolute Gasteiger partial charge is 0.357 e. The predicted molar refractivity (Wildman–Crippen MR) is 124 cm³/mol. The van der Waals surface area contributed by atoms with E-state index in [1.807, 2.05) is 18.5 Å². The molecule has 30 heavy (non-hydrogen) atoms. The van der Waals surface area contributed by atoms with E-state index in [9.17, 15) is 0 Å². The Balaban J connectivity index is 1.43. The second kappa shape index (κ2) is 11.5. The molecule has 2 heterocycles. The number of aryl methyl sites for hydroxylation is 1. The molecule has 0 amide bonds. The summed E-state index contributed by atoms with van der Waals surface area (Å²) in [6, 6.07) is 10.4. The summed E-state index contributed by atoms with van der Waals surface area (Å²) < 4.78 is 0. The van der Waals surface area contributed by atoms with Crippen molar-refractivity contribution in [2.45, 2.75) is 26.8 Å². The summed E-state index contributed by atoms with van der Waals surface area (Å²) in [5, 5.41) is 3.43. The van der Waals surface area contributed by atoms with Crippen molar-refractivity contribution in [3.05, 3.63) is 53.9 Å². The smallest absolute Gasteiger partial charge is 0.225 e. The van der Waals surface area contributed by atoms with Gasteiger partial charge in [0.25, 0.3) is 0 Å². The summed E-state index contributed by atoms with van der Waals surface area (Å²) in [5.74, 6) is 1.82. The molecule has 7 nitrogen and oxygen atoms in total. The highest BCUT2D eigenvalue weighted by molar-refractivity contribution is 5.79. The van der Waals surface area contributed by atoms with Gasteiger partial charge in [0.05, 0.1) is 0 Å². The van der Waals surface area contributed by atoms with Crippen molar-refractivity contribution >= 4 is 11.9 Å². The molecule has 0 spiro atoms. The van der Waals surface area contributed by atoms with Crippen LogP contribution >= 0.6 is 0 Å². The van der Waals surface area contributed by atoms with E-state index in [-0.39, 0.29) is 0 Å². The Kier molecular flexibility index (Phi) is 8.44. The van der Waals surface area contributed by atoms with Crippen LogP contribution in [0.5, 0.6) is 0 Å². The highest BCUT2D eigenvalue weighted by Crippen LogP contribution is 2.11. The number of aromatic nitrogens is 2. The lowest BCUT2D eigenvalue weighted by atomic mass is 10.1. The Morgan fingerprint density at radius 1 is 1.10 bits per heavy atom. The minimum atomic E-state index is 0.836. The Morgan fingerprint density at radius 2 is 1.83 bits per heavy atom. The number of rotatable bonds is 8. The van der Waals surface area contributed by atoms with E-state index < -0.39 is 0 Å². The topological polar surface area (TPSA) is 59.9 Å². The molecule has 7 heteroatoms. The summed E-state index contributed by atoms with van der Waals surface area (Å²) in [5.41, 5.74) is 2.66. The van der Waals surface area contributed by atoms with Crippen molar-refractivity contribution in [1.82, 2.24) is 25.1 Å². The molecule has 1 aliphatic heterocycles.